The lowest BCUT2D eigenvalue weighted by Gasteiger charge is -2.25. The van der Waals surface area contributed by atoms with Crippen molar-refractivity contribution in [2.75, 3.05) is 5.73 Å². The number of hydrogen-bond acceptors (Lipinski definition) is 4. The molecule has 0 fully saturated rings. The van der Waals surface area contributed by atoms with Crippen molar-refractivity contribution in [1.82, 2.24) is 9.97 Å². The standard InChI is InChI=1S/C24H23F3N4O/c1-13(19-6-3-7-20(28)30-19)21-18(23(29)32)12-15-4-2-5-17(22(15)31-21)14-8-10-16(11-9-14)24(25,26)27/h2-8,12-13,16H,9-11H2,1H3,(H2,28,30)(H2,29,32)/t13-,16?/m0/s1. The summed E-state index contributed by atoms with van der Waals surface area (Å²) in [6.07, 6.45) is -2.23. The zero-order chi connectivity index (χ0) is 23.0. The number of benzene rings is 1. The summed E-state index contributed by atoms with van der Waals surface area (Å²) >= 11 is 0. The van der Waals surface area contributed by atoms with Gasteiger partial charge in [0.15, 0.2) is 0 Å². The molecule has 32 heavy (non-hydrogen) atoms. The quantitative estimate of drug-likeness (QED) is 0.582. The minimum absolute atomic E-state index is 0.0432. The lowest BCUT2D eigenvalue weighted by molar-refractivity contribution is -0.175. The van der Waals surface area contributed by atoms with Gasteiger partial charge < -0.3 is 11.5 Å². The van der Waals surface area contributed by atoms with Crippen LogP contribution < -0.4 is 11.5 Å². The van der Waals surface area contributed by atoms with Gasteiger partial charge in [-0.15, -0.1) is 0 Å². The topological polar surface area (TPSA) is 94.9 Å². The summed E-state index contributed by atoms with van der Waals surface area (Å²) in [5, 5.41) is 0.701. The Morgan fingerprint density at radius 2 is 1.91 bits per heavy atom. The van der Waals surface area contributed by atoms with Crippen LogP contribution in [0, 0.1) is 5.92 Å². The molecule has 0 bridgehead atoms. The summed E-state index contributed by atoms with van der Waals surface area (Å²) in [5.74, 6) is -1.95. The van der Waals surface area contributed by atoms with Crippen molar-refractivity contribution >= 4 is 28.2 Å². The van der Waals surface area contributed by atoms with Crippen LogP contribution in [0.15, 0.2) is 48.5 Å². The monoisotopic (exact) mass is 440 g/mol. The Bertz CT molecular complexity index is 1220. The van der Waals surface area contributed by atoms with Gasteiger partial charge in [-0.2, -0.15) is 13.2 Å². The fourth-order valence-corrected chi connectivity index (χ4v) is 4.23. The van der Waals surface area contributed by atoms with Crippen molar-refractivity contribution in [2.24, 2.45) is 11.7 Å². The number of halogens is 3. The van der Waals surface area contributed by atoms with E-state index in [1.807, 2.05) is 25.1 Å². The van der Waals surface area contributed by atoms with Gasteiger partial charge in [0, 0.05) is 16.9 Å². The van der Waals surface area contributed by atoms with E-state index in [-0.39, 0.29) is 24.3 Å². The molecule has 4 N–H and O–H groups in total. The summed E-state index contributed by atoms with van der Waals surface area (Å²) in [6.45, 7) is 1.86. The van der Waals surface area contributed by atoms with Gasteiger partial charge in [-0.3, -0.25) is 9.78 Å². The maximum Gasteiger partial charge on any atom is 0.392 e. The molecule has 0 saturated carbocycles. The Kier molecular flexibility index (Phi) is 5.62. The predicted molar refractivity (Wildman–Crippen MR) is 118 cm³/mol. The predicted octanol–water partition coefficient (Wildman–Crippen LogP) is 5.21. The van der Waals surface area contributed by atoms with Gasteiger partial charge in [-0.25, -0.2) is 4.98 Å². The summed E-state index contributed by atoms with van der Waals surface area (Å²) in [6, 6.07) is 12.4. The number of para-hydroxylation sites is 1. The van der Waals surface area contributed by atoms with Crippen molar-refractivity contribution in [2.45, 2.75) is 38.3 Å². The molecule has 0 spiro atoms. The number of primary amides is 1. The fraction of sp³-hybridized carbons (Fsp3) is 0.292. The number of rotatable bonds is 4. The fourth-order valence-electron chi connectivity index (χ4n) is 4.23. The molecule has 1 amide bonds. The second-order valence-electron chi connectivity index (χ2n) is 8.11. The van der Waals surface area contributed by atoms with Gasteiger partial charge in [0.2, 0.25) is 0 Å². The molecule has 2 heterocycles. The van der Waals surface area contributed by atoms with E-state index in [0.717, 1.165) is 11.1 Å². The first kappa shape index (κ1) is 21.8. The van der Waals surface area contributed by atoms with E-state index < -0.39 is 18.0 Å². The molecule has 2 aromatic heterocycles. The molecular weight excluding hydrogens is 417 g/mol. The second kappa shape index (κ2) is 8.26. The molecule has 0 saturated heterocycles. The van der Waals surface area contributed by atoms with E-state index in [1.165, 1.54) is 0 Å². The van der Waals surface area contributed by atoms with Crippen molar-refractivity contribution < 1.29 is 18.0 Å². The molecule has 2 atom stereocenters. The van der Waals surface area contributed by atoms with Crippen molar-refractivity contribution in [3.63, 3.8) is 0 Å². The number of amides is 1. The normalized spacial score (nSPS) is 17.8. The summed E-state index contributed by atoms with van der Waals surface area (Å²) in [7, 11) is 0. The average Bonchev–Trinajstić information content (AvgIpc) is 2.76. The van der Waals surface area contributed by atoms with E-state index in [0.29, 0.717) is 34.5 Å². The SMILES string of the molecule is C[C@@H](c1cccc(N)n1)c1nc2c(C3=CCC(C(F)(F)F)CC3)cccc2cc1C(N)=O. The third kappa shape index (κ3) is 4.17. The molecule has 1 aromatic carbocycles. The first-order valence-corrected chi connectivity index (χ1v) is 10.4. The number of anilines is 1. The zero-order valence-electron chi connectivity index (χ0n) is 17.5. The highest BCUT2D eigenvalue weighted by atomic mass is 19.4. The van der Waals surface area contributed by atoms with Crippen molar-refractivity contribution in [1.29, 1.82) is 0 Å². The Hall–Kier alpha value is -3.42. The van der Waals surface area contributed by atoms with E-state index in [2.05, 4.69) is 4.98 Å². The van der Waals surface area contributed by atoms with E-state index in [1.54, 1.807) is 30.3 Å². The van der Waals surface area contributed by atoms with E-state index in [4.69, 9.17) is 16.5 Å². The number of fused-ring (bicyclic) bond motifs is 1. The third-order valence-corrected chi connectivity index (χ3v) is 6.01. The maximum absolute atomic E-state index is 13.1. The van der Waals surface area contributed by atoms with E-state index >= 15 is 0 Å². The molecule has 1 aliphatic rings. The number of alkyl halides is 3. The van der Waals surface area contributed by atoms with Crippen LogP contribution in [0.5, 0.6) is 0 Å². The number of nitrogen functional groups attached to an aromatic ring is 1. The number of nitrogens with zero attached hydrogens (tertiary/aromatic N) is 2. The largest absolute Gasteiger partial charge is 0.392 e. The number of allylic oxidation sites excluding steroid dienone is 2. The Labute approximate surface area is 183 Å². The molecule has 4 rings (SSSR count). The molecule has 1 unspecified atom stereocenters. The summed E-state index contributed by atoms with van der Waals surface area (Å²) in [4.78, 5) is 21.3. The van der Waals surface area contributed by atoms with Crippen LogP contribution in [0.4, 0.5) is 19.0 Å². The smallest absolute Gasteiger partial charge is 0.384 e. The van der Waals surface area contributed by atoms with Crippen LogP contribution in [0.2, 0.25) is 0 Å². The Morgan fingerprint density at radius 3 is 2.53 bits per heavy atom. The zero-order valence-corrected chi connectivity index (χ0v) is 17.5. The first-order valence-electron chi connectivity index (χ1n) is 10.4. The Balaban J connectivity index is 1.83. The van der Waals surface area contributed by atoms with Crippen LogP contribution in [0.3, 0.4) is 0 Å². The number of nitrogens with two attached hydrogens (primary N) is 2. The summed E-state index contributed by atoms with van der Waals surface area (Å²) < 4.78 is 39.2. The van der Waals surface area contributed by atoms with Crippen molar-refractivity contribution in [3.05, 3.63) is 71.1 Å². The number of aromatic nitrogens is 2. The summed E-state index contributed by atoms with van der Waals surface area (Å²) in [5.41, 5.74) is 15.1. The van der Waals surface area contributed by atoms with Gasteiger partial charge >= 0.3 is 6.18 Å². The number of pyridine rings is 2. The maximum atomic E-state index is 13.1. The first-order chi connectivity index (χ1) is 15.1. The minimum Gasteiger partial charge on any atom is -0.384 e. The molecule has 8 heteroatoms. The lowest BCUT2D eigenvalue weighted by Crippen LogP contribution is -2.24. The van der Waals surface area contributed by atoms with Crippen LogP contribution in [-0.4, -0.2) is 22.1 Å². The molecule has 0 radical (unpaired) electrons. The molecule has 3 aromatic rings. The molecule has 5 nitrogen and oxygen atoms in total. The van der Waals surface area contributed by atoms with Crippen LogP contribution >= 0.6 is 0 Å². The highest BCUT2D eigenvalue weighted by Crippen LogP contribution is 2.41. The van der Waals surface area contributed by atoms with Gasteiger partial charge in [0.25, 0.3) is 5.91 Å². The number of carbonyl (C=O) groups excluding carboxylic acids is 1. The third-order valence-electron chi connectivity index (χ3n) is 6.01. The highest BCUT2D eigenvalue weighted by Gasteiger charge is 2.39. The van der Waals surface area contributed by atoms with Gasteiger partial charge in [-0.1, -0.05) is 37.3 Å². The molecular formula is C24H23F3N4O. The molecule has 0 aliphatic heterocycles. The second-order valence-corrected chi connectivity index (χ2v) is 8.11. The highest BCUT2D eigenvalue weighted by molar-refractivity contribution is 6.00. The van der Waals surface area contributed by atoms with Gasteiger partial charge in [-0.05, 0) is 43.0 Å². The Morgan fingerprint density at radius 1 is 1.16 bits per heavy atom. The van der Waals surface area contributed by atoms with Crippen LogP contribution in [-0.2, 0) is 0 Å². The minimum atomic E-state index is -4.19. The van der Waals surface area contributed by atoms with Gasteiger partial charge in [0.05, 0.1) is 28.4 Å². The van der Waals surface area contributed by atoms with Crippen molar-refractivity contribution in [3.8, 4) is 0 Å². The number of hydrogen-bond donors (Lipinski definition) is 2. The van der Waals surface area contributed by atoms with E-state index in [9.17, 15) is 18.0 Å². The van der Waals surface area contributed by atoms with Gasteiger partial charge in [0.1, 0.15) is 5.82 Å². The average molecular weight is 440 g/mol. The lowest BCUT2D eigenvalue weighted by atomic mass is 9.85. The van der Waals surface area contributed by atoms with Crippen LogP contribution in [0.25, 0.3) is 16.5 Å². The molecule has 166 valence electrons. The molecule has 1 aliphatic carbocycles. The van der Waals surface area contributed by atoms with Crippen LogP contribution in [0.1, 0.15) is 59.4 Å². The number of carbonyl (C=O) groups is 1.